The fourth-order valence-corrected chi connectivity index (χ4v) is 4.84. The molecule has 1 saturated heterocycles. The van der Waals surface area contributed by atoms with E-state index in [1.54, 1.807) is 38.0 Å². The fraction of sp³-hybridized carbons (Fsp3) is 0.458. The number of aromatic nitrogens is 2. The summed E-state index contributed by atoms with van der Waals surface area (Å²) in [6.45, 7) is 2.14. The number of rotatable bonds is 10. The Morgan fingerprint density at radius 3 is 2.62 bits per heavy atom. The molecule has 1 unspecified atom stereocenters. The van der Waals surface area contributed by atoms with Crippen LogP contribution in [-0.2, 0) is 27.9 Å². The highest BCUT2D eigenvalue weighted by molar-refractivity contribution is 7.49. The zero-order valence-electron chi connectivity index (χ0n) is 21.5. The molecule has 218 valence electrons. The highest BCUT2D eigenvalue weighted by Crippen LogP contribution is 2.52. The number of phosphoric ester groups is 1. The second-order valence-electron chi connectivity index (χ2n) is 8.72. The molecule has 1 fully saturated rings. The number of para-hydroxylation sites is 1. The van der Waals surface area contributed by atoms with Crippen molar-refractivity contribution in [2.24, 2.45) is 0 Å². The molecule has 3 N–H and O–H groups in total. The first kappa shape index (κ1) is 31.1. The molecule has 16 heteroatoms. The van der Waals surface area contributed by atoms with E-state index in [0.717, 1.165) is 0 Å². The molecule has 0 radical (unpaired) electrons. The Bertz CT molecular complexity index is 1370. The lowest BCUT2D eigenvalue weighted by molar-refractivity contribution is -0.156. The van der Waals surface area contributed by atoms with Crippen molar-refractivity contribution in [3.8, 4) is 17.6 Å². The van der Waals surface area contributed by atoms with Gasteiger partial charge < -0.3 is 24.8 Å². The van der Waals surface area contributed by atoms with E-state index in [4.69, 9.17) is 28.8 Å². The minimum Gasteiger partial charge on any atom is -0.461 e. The number of ether oxygens (including phenoxy) is 2. The number of nitrogens with zero attached hydrogens (tertiary/aromatic N) is 2. The van der Waals surface area contributed by atoms with E-state index in [0.29, 0.717) is 10.8 Å². The van der Waals surface area contributed by atoms with E-state index in [1.807, 2.05) is 5.92 Å². The molecular weight excluding hydrogens is 562 g/mol. The predicted molar refractivity (Wildman–Crippen MR) is 133 cm³/mol. The zero-order chi connectivity index (χ0) is 29.7. The van der Waals surface area contributed by atoms with Gasteiger partial charge in [-0.15, -0.1) is 0 Å². The molecule has 0 aliphatic carbocycles. The summed E-state index contributed by atoms with van der Waals surface area (Å²) in [7, 11) is -4.72. The third-order valence-electron chi connectivity index (χ3n) is 5.31. The van der Waals surface area contributed by atoms with Crippen LogP contribution in [0, 0.1) is 17.7 Å². The molecule has 0 amide bonds. The number of nitrogen functional groups attached to an aromatic ring is 1. The van der Waals surface area contributed by atoms with Crippen LogP contribution in [0.15, 0.2) is 41.3 Å². The van der Waals surface area contributed by atoms with Gasteiger partial charge in [-0.1, -0.05) is 30.0 Å². The van der Waals surface area contributed by atoms with Crippen LogP contribution in [-0.4, -0.2) is 64.0 Å². The van der Waals surface area contributed by atoms with Gasteiger partial charge >= 0.3 is 19.5 Å². The maximum absolute atomic E-state index is 16.0. The first-order valence-corrected chi connectivity index (χ1v) is 13.3. The van der Waals surface area contributed by atoms with Crippen LogP contribution in [0.4, 0.5) is 19.0 Å². The van der Waals surface area contributed by atoms with Crippen molar-refractivity contribution >= 4 is 19.6 Å². The number of hydrogen-bond acceptors (Lipinski definition) is 11. The van der Waals surface area contributed by atoms with Crippen LogP contribution in [0.5, 0.6) is 5.75 Å². The van der Waals surface area contributed by atoms with E-state index in [1.165, 1.54) is 19.1 Å². The van der Waals surface area contributed by atoms with E-state index >= 15 is 4.39 Å². The number of aliphatic hydroxyl groups is 1. The number of carbonyl (C=O) groups is 1. The normalized spacial score (nSPS) is 24.6. The van der Waals surface area contributed by atoms with Crippen LogP contribution >= 0.6 is 7.82 Å². The molecule has 1 aliphatic heterocycles. The Morgan fingerprint density at radius 2 is 2.00 bits per heavy atom. The fourth-order valence-electron chi connectivity index (χ4n) is 3.50. The number of esters is 1. The standard InChI is InChI=1S/C24H27F3N3O9P/c1-14(2)36-21(32)15(3)38-40(34,39-16-8-5-4-6-9-16)35-13-18-19(31)24(27,10-7-11-25)22(37-18)30-12-17(26)20(28)29-23(30)33/h4-6,8-9,12,14-15,18-19,22,31H,11,13H2,1-3H3,(H2,28,29,33)/t15-,18+,19-,22+,24?,40-/m0/s1. The number of phosphoric acid groups is 1. The zero-order valence-corrected chi connectivity index (χ0v) is 22.4. The van der Waals surface area contributed by atoms with Crippen molar-refractivity contribution in [3.63, 3.8) is 0 Å². The molecule has 40 heavy (non-hydrogen) atoms. The molecule has 0 bridgehead atoms. The molecule has 2 heterocycles. The number of anilines is 1. The molecule has 6 atom stereocenters. The molecule has 1 aromatic carbocycles. The van der Waals surface area contributed by atoms with Gasteiger partial charge in [0.25, 0.3) is 0 Å². The Balaban J connectivity index is 1.90. The summed E-state index contributed by atoms with van der Waals surface area (Å²) >= 11 is 0. The van der Waals surface area contributed by atoms with Crippen molar-refractivity contribution in [2.45, 2.75) is 57.1 Å². The van der Waals surface area contributed by atoms with Crippen LogP contribution in [0.1, 0.15) is 27.0 Å². The highest BCUT2D eigenvalue weighted by Gasteiger charge is 2.58. The molecular formula is C24H27F3N3O9P. The van der Waals surface area contributed by atoms with Crippen molar-refractivity contribution in [1.82, 2.24) is 9.55 Å². The van der Waals surface area contributed by atoms with Gasteiger partial charge in [0.1, 0.15) is 24.6 Å². The first-order valence-electron chi connectivity index (χ1n) is 11.8. The third-order valence-corrected chi connectivity index (χ3v) is 6.78. The van der Waals surface area contributed by atoms with Gasteiger partial charge in [0.2, 0.25) is 5.67 Å². The van der Waals surface area contributed by atoms with Gasteiger partial charge in [-0.2, -0.15) is 4.98 Å². The van der Waals surface area contributed by atoms with Crippen LogP contribution < -0.4 is 15.9 Å². The van der Waals surface area contributed by atoms with Gasteiger partial charge in [0.15, 0.2) is 24.0 Å². The summed E-state index contributed by atoms with van der Waals surface area (Å²) in [6.07, 6.45) is -7.65. The summed E-state index contributed by atoms with van der Waals surface area (Å²) in [6, 6.07) is 7.54. The number of nitrogens with two attached hydrogens (primary N) is 1. The molecule has 0 spiro atoms. The molecule has 1 aromatic heterocycles. The minimum atomic E-state index is -4.72. The number of benzene rings is 1. The first-order chi connectivity index (χ1) is 18.8. The maximum Gasteiger partial charge on any atom is 0.530 e. The van der Waals surface area contributed by atoms with E-state index in [2.05, 4.69) is 4.98 Å². The maximum atomic E-state index is 16.0. The van der Waals surface area contributed by atoms with Crippen molar-refractivity contribution in [3.05, 3.63) is 52.8 Å². The monoisotopic (exact) mass is 589 g/mol. The summed E-state index contributed by atoms with van der Waals surface area (Å²) in [4.78, 5) is 27.8. The average molecular weight is 589 g/mol. The lowest BCUT2D eigenvalue weighted by Gasteiger charge is -2.24. The van der Waals surface area contributed by atoms with Gasteiger partial charge in [-0.25, -0.2) is 27.3 Å². The largest absolute Gasteiger partial charge is 0.530 e. The molecule has 1 aliphatic rings. The van der Waals surface area contributed by atoms with Crippen molar-refractivity contribution in [2.75, 3.05) is 19.0 Å². The van der Waals surface area contributed by atoms with Gasteiger partial charge in [-0.3, -0.25) is 13.6 Å². The summed E-state index contributed by atoms with van der Waals surface area (Å²) < 4.78 is 83.1. The average Bonchev–Trinajstić information content (AvgIpc) is 3.13. The van der Waals surface area contributed by atoms with Crippen LogP contribution in [0.25, 0.3) is 0 Å². The van der Waals surface area contributed by atoms with Crippen molar-refractivity contribution in [1.29, 1.82) is 0 Å². The number of carbonyl (C=O) groups excluding carboxylic acids is 1. The second-order valence-corrected chi connectivity index (χ2v) is 10.3. The van der Waals surface area contributed by atoms with E-state index in [9.17, 15) is 28.0 Å². The molecule has 3 rings (SSSR count). The lowest BCUT2D eigenvalue weighted by atomic mass is 9.96. The Morgan fingerprint density at radius 1 is 1.32 bits per heavy atom. The van der Waals surface area contributed by atoms with Gasteiger partial charge in [0, 0.05) is 0 Å². The molecule has 12 nitrogen and oxygen atoms in total. The van der Waals surface area contributed by atoms with Gasteiger partial charge in [0.05, 0.1) is 18.9 Å². The Labute approximate surface area is 226 Å². The third kappa shape index (κ3) is 7.21. The minimum absolute atomic E-state index is 0.00431. The predicted octanol–water partition coefficient (Wildman–Crippen LogP) is 2.46. The van der Waals surface area contributed by atoms with Crippen LogP contribution in [0.3, 0.4) is 0 Å². The quantitative estimate of drug-likeness (QED) is 0.238. The number of halogens is 3. The Kier molecular flexibility index (Phi) is 9.99. The topological polar surface area (TPSA) is 161 Å². The molecule has 2 aromatic rings. The molecule has 0 saturated carbocycles. The second kappa shape index (κ2) is 12.8. The number of alkyl halides is 2. The summed E-state index contributed by atoms with van der Waals surface area (Å²) in [5.41, 5.74) is 0.814. The Hall–Kier alpha value is -3.41. The number of hydrogen-bond donors (Lipinski definition) is 2. The van der Waals surface area contributed by atoms with Crippen molar-refractivity contribution < 1.29 is 50.7 Å². The van der Waals surface area contributed by atoms with Gasteiger partial charge in [-0.05, 0) is 32.9 Å². The smallest absolute Gasteiger partial charge is 0.461 e. The number of aliphatic hydroxyl groups excluding tert-OH is 1. The SMILES string of the molecule is CC(C)OC(=O)[C@H](C)O[P@](=O)(OC[C@H]1O[C@@H](n2cc(F)c(N)nc2=O)C(F)(C#CCF)[C@H]1O)Oc1ccccc1. The van der Waals surface area contributed by atoms with E-state index in [-0.39, 0.29) is 5.75 Å². The highest BCUT2D eigenvalue weighted by atomic mass is 31.2. The summed E-state index contributed by atoms with van der Waals surface area (Å²) in [5, 5.41) is 10.7. The lowest BCUT2D eigenvalue weighted by Crippen LogP contribution is -2.44. The van der Waals surface area contributed by atoms with E-state index < -0.39 is 80.7 Å². The van der Waals surface area contributed by atoms with Crippen LogP contribution in [0.2, 0.25) is 0 Å². The summed E-state index contributed by atoms with van der Waals surface area (Å²) in [5.74, 6) is 0.766.